The van der Waals surface area contributed by atoms with Crippen LogP contribution in [0, 0.1) is 0 Å². The van der Waals surface area contributed by atoms with E-state index < -0.39 is 10.0 Å². The summed E-state index contributed by atoms with van der Waals surface area (Å²) >= 11 is 0. The monoisotopic (exact) mass is 317 g/mol. The molecule has 0 bridgehead atoms. The average molecular weight is 317 g/mol. The third-order valence-electron chi connectivity index (χ3n) is 3.01. The molecule has 122 valence electrons. The summed E-state index contributed by atoms with van der Waals surface area (Å²) in [4.78, 5) is 2.03. The Balaban J connectivity index is 2.72. The number of aromatic amines is 1. The summed E-state index contributed by atoms with van der Waals surface area (Å²) in [5, 5.41) is 9.79. The molecule has 0 saturated carbocycles. The molecular formula is C13H27N5O2S. The average Bonchev–Trinajstić information content (AvgIpc) is 2.82. The van der Waals surface area contributed by atoms with E-state index in [2.05, 4.69) is 20.2 Å². The number of aromatic nitrogens is 2. The predicted molar refractivity (Wildman–Crippen MR) is 83.5 cm³/mol. The van der Waals surface area contributed by atoms with Gasteiger partial charge in [-0.2, -0.15) is 5.10 Å². The van der Waals surface area contributed by atoms with Gasteiger partial charge < -0.3 is 10.2 Å². The van der Waals surface area contributed by atoms with E-state index in [1.54, 1.807) is 6.20 Å². The Kier molecular flexibility index (Phi) is 6.79. The van der Waals surface area contributed by atoms with Gasteiger partial charge in [-0.05, 0) is 34.0 Å². The molecular weight excluding hydrogens is 290 g/mol. The largest absolute Gasteiger partial charge is 0.310 e. The van der Waals surface area contributed by atoms with Crippen LogP contribution in [0.1, 0.15) is 32.8 Å². The SMILES string of the molecule is CC(C)NCc1cn[nH]c1S(=O)(=O)NC(C)CCN(C)C. The summed E-state index contributed by atoms with van der Waals surface area (Å²) in [6.45, 7) is 7.18. The molecule has 0 aliphatic rings. The lowest BCUT2D eigenvalue weighted by Crippen LogP contribution is -2.35. The molecule has 0 saturated heterocycles. The van der Waals surface area contributed by atoms with Crippen LogP contribution in [-0.4, -0.2) is 56.2 Å². The van der Waals surface area contributed by atoms with E-state index in [9.17, 15) is 8.42 Å². The quantitative estimate of drug-likeness (QED) is 0.618. The first-order chi connectivity index (χ1) is 9.72. The molecule has 0 amide bonds. The summed E-state index contributed by atoms with van der Waals surface area (Å²) < 4.78 is 27.5. The first-order valence-electron chi connectivity index (χ1n) is 7.15. The number of rotatable bonds is 9. The summed E-state index contributed by atoms with van der Waals surface area (Å²) in [5.41, 5.74) is 0.649. The molecule has 1 unspecified atom stereocenters. The summed E-state index contributed by atoms with van der Waals surface area (Å²) in [5.74, 6) is 0. The number of H-pyrrole nitrogens is 1. The van der Waals surface area contributed by atoms with E-state index in [-0.39, 0.29) is 17.1 Å². The maximum atomic E-state index is 12.4. The van der Waals surface area contributed by atoms with Gasteiger partial charge in [0.1, 0.15) is 0 Å². The van der Waals surface area contributed by atoms with Gasteiger partial charge in [-0.15, -0.1) is 0 Å². The number of nitrogens with zero attached hydrogens (tertiary/aromatic N) is 2. The van der Waals surface area contributed by atoms with Crippen molar-refractivity contribution in [1.82, 2.24) is 25.1 Å². The fourth-order valence-electron chi connectivity index (χ4n) is 1.81. The Bertz CT molecular complexity index is 524. The highest BCUT2D eigenvalue weighted by Crippen LogP contribution is 2.13. The summed E-state index contributed by atoms with van der Waals surface area (Å²) in [7, 11) is 0.359. The van der Waals surface area contributed by atoms with E-state index >= 15 is 0 Å². The molecule has 1 rings (SSSR count). The first kappa shape index (κ1) is 18.1. The molecule has 1 heterocycles. The Morgan fingerprint density at radius 1 is 1.33 bits per heavy atom. The van der Waals surface area contributed by atoms with Crippen LogP contribution >= 0.6 is 0 Å². The Labute approximate surface area is 127 Å². The summed E-state index contributed by atoms with van der Waals surface area (Å²) in [6, 6.07) is 0.147. The Hall–Kier alpha value is -0.960. The number of sulfonamides is 1. The van der Waals surface area contributed by atoms with Gasteiger partial charge in [0, 0.05) is 24.2 Å². The van der Waals surface area contributed by atoms with E-state index in [1.807, 2.05) is 39.8 Å². The smallest absolute Gasteiger partial charge is 0.258 e. The second-order valence-electron chi connectivity index (χ2n) is 5.87. The Morgan fingerprint density at radius 2 is 2.00 bits per heavy atom. The van der Waals surface area contributed by atoms with Crippen LogP contribution < -0.4 is 10.0 Å². The van der Waals surface area contributed by atoms with E-state index in [1.165, 1.54) is 0 Å². The van der Waals surface area contributed by atoms with Crippen molar-refractivity contribution in [3.05, 3.63) is 11.8 Å². The normalized spacial score (nSPS) is 14.0. The van der Waals surface area contributed by atoms with Crippen LogP contribution in [0.3, 0.4) is 0 Å². The minimum absolute atomic E-state index is 0.133. The molecule has 3 N–H and O–H groups in total. The van der Waals surface area contributed by atoms with Gasteiger partial charge in [0.2, 0.25) is 0 Å². The molecule has 1 aromatic heterocycles. The molecule has 0 aliphatic carbocycles. The lowest BCUT2D eigenvalue weighted by Gasteiger charge is -2.17. The van der Waals surface area contributed by atoms with Crippen molar-refractivity contribution >= 4 is 10.0 Å². The maximum Gasteiger partial charge on any atom is 0.258 e. The van der Waals surface area contributed by atoms with Crippen molar-refractivity contribution in [2.45, 2.75) is 50.8 Å². The van der Waals surface area contributed by atoms with Crippen molar-refractivity contribution in [2.75, 3.05) is 20.6 Å². The molecule has 0 aromatic carbocycles. The van der Waals surface area contributed by atoms with Crippen LogP contribution in [0.5, 0.6) is 0 Å². The zero-order chi connectivity index (χ0) is 16.0. The molecule has 0 radical (unpaired) electrons. The second-order valence-corrected chi connectivity index (χ2v) is 7.53. The molecule has 0 spiro atoms. The lowest BCUT2D eigenvalue weighted by molar-refractivity contribution is 0.378. The van der Waals surface area contributed by atoms with Crippen molar-refractivity contribution in [2.24, 2.45) is 0 Å². The molecule has 1 aromatic rings. The third kappa shape index (κ3) is 6.13. The topological polar surface area (TPSA) is 90.1 Å². The molecule has 21 heavy (non-hydrogen) atoms. The zero-order valence-corrected chi connectivity index (χ0v) is 14.3. The fourth-order valence-corrected chi connectivity index (χ4v) is 3.21. The van der Waals surface area contributed by atoms with Crippen LogP contribution in [0.2, 0.25) is 0 Å². The van der Waals surface area contributed by atoms with E-state index in [4.69, 9.17) is 0 Å². The van der Waals surface area contributed by atoms with Gasteiger partial charge in [-0.25, -0.2) is 13.1 Å². The highest BCUT2D eigenvalue weighted by atomic mass is 32.2. The van der Waals surface area contributed by atoms with Gasteiger partial charge in [-0.1, -0.05) is 13.8 Å². The first-order valence-corrected chi connectivity index (χ1v) is 8.63. The molecule has 1 atom stereocenters. The van der Waals surface area contributed by atoms with Crippen LogP contribution in [-0.2, 0) is 16.6 Å². The number of nitrogens with one attached hydrogen (secondary N) is 3. The minimum Gasteiger partial charge on any atom is -0.310 e. The number of hydrogen-bond donors (Lipinski definition) is 3. The second kappa shape index (κ2) is 7.88. The predicted octanol–water partition coefficient (Wildman–Crippen LogP) is 0.526. The highest BCUT2D eigenvalue weighted by Gasteiger charge is 2.22. The van der Waals surface area contributed by atoms with Crippen LogP contribution in [0.4, 0.5) is 0 Å². The zero-order valence-electron chi connectivity index (χ0n) is 13.5. The third-order valence-corrected chi connectivity index (χ3v) is 4.62. The molecule has 0 fully saturated rings. The molecule has 8 heteroatoms. The van der Waals surface area contributed by atoms with Gasteiger partial charge in [0.25, 0.3) is 10.0 Å². The highest BCUT2D eigenvalue weighted by molar-refractivity contribution is 7.89. The van der Waals surface area contributed by atoms with E-state index in [0.29, 0.717) is 12.1 Å². The minimum atomic E-state index is -3.57. The maximum absolute atomic E-state index is 12.4. The van der Waals surface area contributed by atoms with Crippen molar-refractivity contribution in [3.8, 4) is 0 Å². The van der Waals surface area contributed by atoms with Gasteiger partial charge in [-0.3, -0.25) is 5.10 Å². The van der Waals surface area contributed by atoms with Gasteiger partial charge in [0.05, 0.1) is 6.20 Å². The fraction of sp³-hybridized carbons (Fsp3) is 0.769. The molecule has 7 nitrogen and oxygen atoms in total. The number of hydrogen-bond acceptors (Lipinski definition) is 5. The standard InChI is InChI=1S/C13H27N5O2S/c1-10(2)14-8-12-9-15-16-13(12)21(19,20)17-11(3)6-7-18(4)5/h9-11,14,17H,6-8H2,1-5H3,(H,15,16). The summed E-state index contributed by atoms with van der Waals surface area (Å²) in [6.07, 6.45) is 2.30. The van der Waals surface area contributed by atoms with Crippen molar-refractivity contribution in [3.63, 3.8) is 0 Å². The molecule has 0 aliphatic heterocycles. The van der Waals surface area contributed by atoms with Crippen LogP contribution in [0.15, 0.2) is 11.2 Å². The van der Waals surface area contributed by atoms with Gasteiger partial charge >= 0.3 is 0 Å². The lowest BCUT2D eigenvalue weighted by atomic mass is 10.2. The van der Waals surface area contributed by atoms with Crippen LogP contribution in [0.25, 0.3) is 0 Å². The van der Waals surface area contributed by atoms with Crippen molar-refractivity contribution in [1.29, 1.82) is 0 Å². The van der Waals surface area contributed by atoms with E-state index in [0.717, 1.165) is 13.0 Å². The Morgan fingerprint density at radius 3 is 2.57 bits per heavy atom. The van der Waals surface area contributed by atoms with Gasteiger partial charge in [0.15, 0.2) is 5.03 Å². The van der Waals surface area contributed by atoms with Crippen molar-refractivity contribution < 1.29 is 8.42 Å².